The quantitative estimate of drug-likeness (QED) is 0.718. The molecule has 1 aliphatic carbocycles. The molecule has 3 nitrogen and oxygen atoms in total. The normalized spacial score (nSPS) is 25.3. The molecule has 2 fully saturated rings. The van der Waals surface area contributed by atoms with Gasteiger partial charge < -0.3 is 15.3 Å². The highest BCUT2D eigenvalue weighted by Gasteiger charge is 2.24. The van der Waals surface area contributed by atoms with Gasteiger partial charge in [0.1, 0.15) is 0 Å². The van der Waals surface area contributed by atoms with Gasteiger partial charge in [0.05, 0.1) is 6.61 Å². The molecule has 16 heavy (non-hydrogen) atoms. The summed E-state index contributed by atoms with van der Waals surface area (Å²) >= 11 is 0. The largest absolute Gasteiger partial charge is 0.395 e. The molecule has 1 heterocycles. The zero-order valence-corrected chi connectivity index (χ0v) is 10.3. The number of nitrogens with zero attached hydrogens (tertiary/aromatic N) is 1. The van der Waals surface area contributed by atoms with E-state index in [0.717, 1.165) is 13.0 Å². The molecule has 0 radical (unpaired) electrons. The van der Waals surface area contributed by atoms with Gasteiger partial charge in [-0.25, -0.2) is 0 Å². The number of hydrogen-bond acceptors (Lipinski definition) is 3. The molecule has 3 heteroatoms. The van der Waals surface area contributed by atoms with Gasteiger partial charge in [0, 0.05) is 12.1 Å². The van der Waals surface area contributed by atoms with Crippen LogP contribution in [0.4, 0.5) is 0 Å². The Kier molecular flexibility index (Phi) is 5.07. The van der Waals surface area contributed by atoms with Gasteiger partial charge in [0.25, 0.3) is 0 Å². The molecule has 0 bridgehead atoms. The van der Waals surface area contributed by atoms with E-state index in [9.17, 15) is 5.11 Å². The van der Waals surface area contributed by atoms with Crippen molar-refractivity contribution in [3.63, 3.8) is 0 Å². The Morgan fingerprint density at radius 2 is 1.81 bits per heavy atom. The molecule has 2 rings (SSSR count). The van der Waals surface area contributed by atoms with Gasteiger partial charge >= 0.3 is 0 Å². The summed E-state index contributed by atoms with van der Waals surface area (Å²) in [5.41, 5.74) is 0. The summed E-state index contributed by atoms with van der Waals surface area (Å²) in [7, 11) is 0. The van der Waals surface area contributed by atoms with E-state index in [1.54, 1.807) is 0 Å². The summed E-state index contributed by atoms with van der Waals surface area (Å²) in [6.45, 7) is 3.98. The predicted molar refractivity (Wildman–Crippen MR) is 66.6 cm³/mol. The summed E-state index contributed by atoms with van der Waals surface area (Å²) in [6.07, 6.45) is 9.24. The first-order valence-electron chi connectivity index (χ1n) is 6.98. The molecule has 0 amide bonds. The second-order valence-electron chi connectivity index (χ2n) is 5.36. The van der Waals surface area contributed by atoms with Crippen LogP contribution < -0.4 is 5.32 Å². The van der Waals surface area contributed by atoms with E-state index in [0.29, 0.717) is 18.7 Å². The van der Waals surface area contributed by atoms with Crippen LogP contribution in [0.3, 0.4) is 0 Å². The second-order valence-corrected chi connectivity index (χ2v) is 5.36. The summed E-state index contributed by atoms with van der Waals surface area (Å²) in [4.78, 5) is 2.57. The third kappa shape index (κ3) is 4.40. The molecule has 0 aromatic rings. The predicted octanol–water partition coefficient (Wildman–Crippen LogP) is 1.37. The minimum Gasteiger partial charge on any atom is -0.395 e. The molecule has 0 aromatic carbocycles. The minimum absolute atomic E-state index is 0.296. The van der Waals surface area contributed by atoms with Crippen LogP contribution >= 0.6 is 0 Å². The monoisotopic (exact) mass is 226 g/mol. The highest BCUT2D eigenvalue weighted by molar-refractivity contribution is 4.85. The molecule has 2 N–H and O–H groups in total. The van der Waals surface area contributed by atoms with Crippen molar-refractivity contribution in [1.29, 1.82) is 0 Å². The maximum atomic E-state index is 9.31. The molecule has 1 unspecified atom stereocenters. The van der Waals surface area contributed by atoms with Crippen LogP contribution in [0.25, 0.3) is 0 Å². The van der Waals surface area contributed by atoms with Crippen molar-refractivity contribution >= 4 is 0 Å². The molecule has 94 valence electrons. The van der Waals surface area contributed by atoms with Crippen molar-refractivity contribution in [2.24, 2.45) is 0 Å². The fraction of sp³-hybridized carbons (Fsp3) is 1.00. The topological polar surface area (TPSA) is 35.5 Å². The van der Waals surface area contributed by atoms with E-state index in [4.69, 9.17) is 0 Å². The van der Waals surface area contributed by atoms with Crippen LogP contribution in [0.2, 0.25) is 0 Å². The van der Waals surface area contributed by atoms with Crippen molar-refractivity contribution in [1.82, 2.24) is 10.2 Å². The molecule has 1 atom stereocenters. The van der Waals surface area contributed by atoms with Gasteiger partial charge in [0.15, 0.2) is 0 Å². The van der Waals surface area contributed by atoms with Crippen LogP contribution in [-0.4, -0.2) is 48.3 Å². The minimum atomic E-state index is 0.296. The first-order chi connectivity index (χ1) is 7.88. The fourth-order valence-electron chi connectivity index (χ4n) is 2.51. The van der Waals surface area contributed by atoms with Crippen LogP contribution in [-0.2, 0) is 0 Å². The molecule has 1 saturated carbocycles. The standard InChI is InChI=1S/C13H26N2O/c16-11-13(14-12-5-6-12)7-10-15-8-3-1-2-4-9-15/h12-14,16H,1-11H2. The molecule has 0 aromatic heterocycles. The van der Waals surface area contributed by atoms with Crippen molar-refractivity contribution in [3.8, 4) is 0 Å². The number of likely N-dealkylation sites (tertiary alicyclic amines) is 1. The lowest BCUT2D eigenvalue weighted by atomic mass is 10.2. The Morgan fingerprint density at radius 1 is 1.12 bits per heavy atom. The van der Waals surface area contributed by atoms with E-state index in [2.05, 4.69) is 10.2 Å². The Balaban J connectivity index is 1.62. The third-order valence-electron chi connectivity index (χ3n) is 3.76. The van der Waals surface area contributed by atoms with Crippen LogP contribution in [0.1, 0.15) is 44.9 Å². The average molecular weight is 226 g/mol. The second kappa shape index (κ2) is 6.58. The number of nitrogens with one attached hydrogen (secondary N) is 1. The Bertz CT molecular complexity index is 184. The van der Waals surface area contributed by atoms with E-state index in [1.165, 1.54) is 51.6 Å². The van der Waals surface area contributed by atoms with Gasteiger partial charge in [-0.1, -0.05) is 12.8 Å². The molecular formula is C13H26N2O. The first-order valence-corrected chi connectivity index (χ1v) is 6.98. The van der Waals surface area contributed by atoms with E-state index >= 15 is 0 Å². The van der Waals surface area contributed by atoms with Gasteiger partial charge in [-0.2, -0.15) is 0 Å². The van der Waals surface area contributed by atoms with E-state index < -0.39 is 0 Å². The highest BCUT2D eigenvalue weighted by Crippen LogP contribution is 2.20. The lowest BCUT2D eigenvalue weighted by molar-refractivity contribution is 0.206. The number of aliphatic hydroxyl groups excluding tert-OH is 1. The smallest absolute Gasteiger partial charge is 0.0585 e. The molecule has 0 spiro atoms. The SMILES string of the molecule is OCC(CCN1CCCCCC1)NC1CC1. The number of aliphatic hydroxyl groups is 1. The number of hydrogen-bond donors (Lipinski definition) is 2. The Morgan fingerprint density at radius 3 is 2.38 bits per heavy atom. The lowest BCUT2D eigenvalue weighted by Crippen LogP contribution is -2.38. The van der Waals surface area contributed by atoms with Crippen LogP contribution in [0.5, 0.6) is 0 Å². The maximum absolute atomic E-state index is 9.31. The molecule has 2 aliphatic rings. The first kappa shape index (κ1) is 12.3. The zero-order valence-electron chi connectivity index (χ0n) is 10.3. The molecule has 1 saturated heterocycles. The highest BCUT2D eigenvalue weighted by atomic mass is 16.3. The van der Waals surface area contributed by atoms with Crippen LogP contribution in [0.15, 0.2) is 0 Å². The van der Waals surface area contributed by atoms with Crippen molar-refractivity contribution in [3.05, 3.63) is 0 Å². The van der Waals surface area contributed by atoms with Crippen molar-refractivity contribution in [2.75, 3.05) is 26.2 Å². The maximum Gasteiger partial charge on any atom is 0.0585 e. The summed E-state index contributed by atoms with van der Waals surface area (Å²) in [5.74, 6) is 0. The fourth-order valence-corrected chi connectivity index (χ4v) is 2.51. The van der Waals surface area contributed by atoms with Gasteiger partial charge in [-0.3, -0.25) is 0 Å². The summed E-state index contributed by atoms with van der Waals surface area (Å²) in [5, 5.41) is 12.8. The molecular weight excluding hydrogens is 200 g/mol. The van der Waals surface area contributed by atoms with Crippen molar-refractivity contribution in [2.45, 2.75) is 57.0 Å². The Hall–Kier alpha value is -0.120. The zero-order chi connectivity index (χ0) is 11.2. The molecule has 1 aliphatic heterocycles. The third-order valence-corrected chi connectivity index (χ3v) is 3.76. The van der Waals surface area contributed by atoms with Crippen LogP contribution in [0, 0.1) is 0 Å². The number of rotatable bonds is 6. The van der Waals surface area contributed by atoms with E-state index in [1.807, 2.05) is 0 Å². The van der Waals surface area contributed by atoms with E-state index in [-0.39, 0.29) is 0 Å². The lowest BCUT2D eigenvalue weighted by Gasteiger charge is -2.23. The van der Waals surface area contributed by atoms with Gasteiger partial charge in [-0.15, -0.1) is 0 Å². The van der Waals surface area contributed by atoms with Gasteiger partial charge in [0.2, 0.25) is 0 Å². The summed E-state index contributed by atoms with van der Waals surface area (Å²) in [6, 6.07) is 1.04. The van der Waals surface area contributed by atoms with Gasteiger partial charge in [-0.05, 0) is 51.7 Å². The van der Waals surface area contributed by atoms with Crippen molar-refractivity contribution < 1.29 is 5.11 Å². The average Bonchev–Trinajstić information content (AvgIpc) is 3.11. The summed E-state index contributed by atoms with van der Waals surface area (Å²) < 4.78 is 0. The Labute approximate surface area is 99.2 Å².